The van der Waals surface area contributed by atoms with Gasteiger partial charge in [0.25, 0.3) is 0 Å². The lowest BCUT2D eigenvalue weighted by Crippen LogP contribution is -2.05. The molecule has 0 aromatic heterocycles. The Bertz CT molecular complexity index is 635. The molecular weight excluding hydrogens is 270 g/mol. The van der Waals surface area contributed by atoms with E-state index >= 15 is 0 Å². The summed E-state index contributed by atoms with van der Waals surface area (Å²) in [5.41, 5.74) is 2.15. The summed E-state index contributed by atoms with van der Waals surface area (Å²) in [6, 6.07) is 9.67. The van der Waals surface area contributed by atoms with Gasteiger partial charge in [0.2, 0.25) is 0 Å². The molecule has 0 amide bonds. The van der Waals surface area contributed by atoms with E-state index in [0.717, 1.165) is 18.1 Å². The number of aliphatic hydroxyl groups is 1. The number of halogens is 2. The lowest BCUT2D eigenvalue weighted by Gasteiger charge is -2.15. The van der Waals surface area contributed by atoms with Crippen LogP contribution in [0.15, 0.2) is 36.4 Å². The zero-order valence-electron chi connectivity index (χ0n) is 12.5. The minimum atomic E-state index is -1.09. The van der Waals surface area contributed by atoms with Gasteiger partial charge in [0.1, 0.15) is 17.7 Å². The normalized spacial score (nSPS) is 12.7. The van der Waals surface area contributed by atoms with Crippen molar-refractivity contribution in [2.45, 2.75) is 33.3 Å². The summed E-state index contributed by atoms with van der Waals surface area (Å²) in [5, 5.41) is 10.4. The van der Waals surface area contributed by atoms with E-state index in [1.165, 1.54) is 6.07 Å². The van der Waals surface area contributed by atoms with Crippen LogP contribution in [0.3, 0.4) is 0 Å². The summed E-state index contributed by atoms with van der Waals surface area (Å²) in [6.07, 6.45) is -0.192. The summed E-state index contributed by atoms with van der Waals surface area (Å²) in [5.74, 6) is -0.820. The van der Waals surface area contributed by atoms with E-state index < -0.39 is 17.7 Å². The molecule has 2 aromatic rings. The lowest BCUT2D eigenvalue weighted by atomic mass is 9.95. The van der Waals surface area contributed by atoms with Gasteiger partial charge in [0, 0.05) is 11.6 Å². The molecule has 0 aliphatic carbocycles. The van der Waals surface area contributed by atoms with Crippen LogP contribution in [0.2, 0.25) is 0 Å². The molecule has 0 spiro atoms. The Labute approximate surface area is 124 Å². The van der Waals surface area contributed by atoms with Gasteiger partial charge in [-0.25, -0.2) is 8.78 Å². The minimum absolute atomic E-state index is 0.107. The molecule has 0 heterocycles. The third-order valence-electron chi connectivity index (χ3n) is 3.48. The first-order valence-electron chi connectivity index (χ1n) is 7.11. The Morgan fingerprint density at radius 1 is 1.05 bits per heavy atom. The minimum Gasteiger partial charge on any atom is -0.384 e. The molecule has 0 saturated heterocycles. The highest BCUT2D eigenvalue weighted by Crippen LogP contribution is 2.27. The summed E-state index contributed by atoms with van der Waals surface area (Å²) in [7, 11) is 0. The van der Waals surface area contributed by atoms with Crippen molar-refractivity contribution in [3.8, 4) is 0 Å². The quantitative estimate of drug-likeness (QED) is 0.875. The maximum Gasteiger partial charge on any atom is 0.132 e. The highest BCUT2D eigenvalue weighted by atomic mass is 19.1. The van der Waals surface area contributed by atoms with Crippen LogP contribution in [-0.2, 0) is 6.42 Å². The number of hydrogen-bond donors (Lipinski definition) is 1. The fourth-order valence-corrected chi connectivity index (χ4v) is 2.43. The van der Waals surface area contributed by atoms with Crippen molar-refractivity contribution in [2.75, 3.05) is 0 Å². The molecule has 0 aliphatic rings. The van der Waals surface area contributed by atoms with Crippen molar-refractivity contribution < 1.29 is 13.9 Å². The Balaban J connectivity index is 2.36. The van der Waals surface area contributed by atoms with Crippen LogP contribution in [0.5, 0.6) is 0 Å². The zero-order valence-corrected chi connectivity index (χ0v) is 12.5. The van der Waals surface area contributed by atoms with E-state index in [4.69, 9.17) is 0 Å². The molecule has 1 unspecified atom stereocenters. The fraction of sp³-hybridized carbons (Fsp3) is 0.333. The van der Waals surface area contributed by atoms with E-state index in [9.17, 15) is 13.9 Å². The van der Waals surface area contributed by atoms with Gasteiger partial charge in [-0.1, -0.05) is 38.1 Å². The van der Waals surface area contributed by atoms with Gasteiger partial charge in [-0.15, -0.1) is 0 Å². The smallest absolute Gasteiger partial charge is 0.132 e. The SMILES string of the molecule is Cc1cc(C(O)c2cccc(CC(C)C)c2)c(F)cc1F. The van der Waals surface area contributed by atoms with Crippen molar-refractivity contribution in [1.29, 1.82) is 0 Å². The number of aryl methyl sites for hydroxylation is 1. The van der Waals surface area contributed by atoms with E-state index in [1.54, 1.807) is 13.0 Å². The zero-order chi connectivity index (χ0) is 15.6. The Morgan fingerprint density at radius 3 is 2.43 bits per heavy atom. The third kappa shape index (κ3) is 3.67. The Hall–Kier alpha value is -1.74. The van der Waals surface area contributed by atoms with Gasteiger partial charge in [0.15, 0.2) is 0 Å². The second-order valence-corrected chi connectivity index (χ2v) is 5.87. The van der Waals surface area contributed by atoms with E-state index in [-0.39, 0.29) is 5.56 Å². The molecule has 3 heteroatoms. The van der Waals surface area contributed by atoms with E-state index in [0.29, 0.717) is 17.0 Å². The highest BCUT2D eigenvalue weighted by molar-refractivity contribution is 5.35. The standard InChI is InChI=1S/C18H20F2O/c1-11(2)7-13-5-4-6-14(9-13)18(21)15-8-12(3)16(19)10-17(15)20/h4-6,8-11,18,21H,7H2,1-3H3. The molecule has 21 heavy (non-hydrogen) atoms. The molecule has 0 radical (unpaired) electrons. The average Bonchev–Trinajstić information content (AvgIpc) is 2.41. The predicted octanol–water partition coefficient (Wildman–Crippen LogP) is 4.55. The topological polar surface area (TPSA) is 20.2 Å². The molecule has 0 aliphatic heterocycles. The molecule has 0 bridgehead atoms. The Kier molecular flexibility index (Phi) is 4.73. The Morgan fingerprint density at radius 2 is 1.76 bits per heavy atom. The molecule has 1 nitrogen and oxygen atoms in total. The lowest BCUT2D eigenvalue weighted by molar-refractivity contribution is 0.214. The maximum atomic E-state index is 13.9. The van der Waals surface area contributed by atoms with Crippen molar-refractivity contribution in [3.63, 3.8) is 0 Å². The third-order valence-corrected chi connectivity index (χ3v) is 3.48. The van der Waals surface area contributed by atoms with E-state index in [2.05, 4.69) is 13.8 Å². The second kappa shape index (κ2) is 6.35. The molecule has 0 saturated carbocycles. The molecule has 1 atom stereocenters. The summed E-state index contributed by atoms with van der Waals surface area (Å²) >= 11 is 0. The second-order valence-electron chi connectivity index (χ2n) is 5.87. The number of rotatable bonds is 4. The highest BCUT2D eigenvalue weighted by Gasteiger charge is 2.17. The first-order valence-corrected chi connectivity index (χ1v) is 7.11. The first kappa shape index (κ1) is 15.6. The summed E-state index contributed by atoms with van der Waals surface area (Å²) < 4.78 is 27.2. The average molecular weight is 290 g/mol. The first-order chi connectivity index (χ1) is 9.88. The number of aliphatic hydroxyl groups excluding tert-OH is 1. The summed E-state index contributed by atoms with van der Waals surface area (Å²) in [4.78, 5) is 0. The van der Waals surface area contributed by atoms with Crippen molar-refractivity contribution >= 4 is 0 Å². The van der Waals surface area contributed by atoms with Crippen LogP contribution in [0.4, 0.5) is 8.78 Å². The van der Waals surface area contributed by atoms with Gasteiger partial charge < -0.3 is 5.11 Å². The van der Waals surface area contributed by atoms with Gasteiger partial charge in [-0.3, -0.25) is 0 Å². The predicted molar refractivity (Wildman–Crippen MR) is 80.1 cm³/mol. The maximum absolute atomic E-state index is 13.9. The van der Waals surface area contributed by atoms with Crippen LogP contribution >= 0.6 is 0 Å². The van der Waals surface area contributed by atoms with Gasteiger partial charge in [-0.2, -0.15) is 0 Å². The molecule has 1 N–H and O–H groups in total. The van der Waals surface area contributed by atoms with E-state index in [1.807, 2.05) is 18.2 Å². The molecule has 0 fully saturated rings. The van der Waals surface area contributed by atoms with Crippen LogP contribution in [0.1, 0.15) is 42.2 Å². The summed E-state index contributed by atoms with van der Waals surface area (Å²) in [6.45, 7) is 5.79. The van der Waals surface area contributed by atoms with Crippen molar-refractivity contribution in [2.24, 2.45) is 5.92 Å². The largest absolute Gasteiger partial charge is 0.384 e. The van der Waals surface area contributed by atoms with Gasteiger partial charge in [-0.05, 0) is 42.0 Å². The van der Waals surface area contributed by atoms with Gasteiger partial charge in [0.05, 0.1) is 0 Å². The van der Waals surface area contributed by atoms with Crippen LogP contribution in [-0.4, -0.2) is 5.11 Å². The molecule has 112 valence electrons. The fourth-order valence-electron chi connectivity index (χ4n) is 2.43. The molecule has 2 rings (SSSR count). The van der Waals surface area contributed by atoms with Crippen LogP contribution in [0.25, 0.3) is 0 Å². The monoisotopic (exact) mass is 290 g/mol. The van der Waals surface area contributed by atoms with Crippen molar-refractivity contribution in [3.05, 3.63) is 70.3 Å². The number of benzene rings is 2. The van der Waals surface area contributed by atoms with Gasteiger partial charge >= 0.3 is 0 Å². The van der Waals surface area contributed by atoms with Crippen LogP contribution < -0.4 is 0 Å². The molecule has 2 aromatic carbocycles. The molecular formula is C18H20F2O. The van der Waals surface area contributed by atoms with Crippen LogP contribution in [0, 0.1) is 24.5 Å². The number of hydrogen-bond acceptors (Lipinski definition) is 1. The van der Waals surface area contributed by atoms with Crippen molar-refractivity contribution in [1.82, 2.24) is 0 Å².